The highest BCUT2D eigenvalue weighted by atomic mass is 79.9. The fourth-order valence-electron chi connectivity index (χ4n) is 6.01. The largest absolute Gasteiger partial charge is 0.493 e. The molecule has 192 valence electrons. The third-order valence-corrected chi connectivity index (χ3v) is 8.65. The number of alkyl halides is 1. The van der Waals surface area contributed by atoms with Crippen molar-refractivity contribution in [2.75, 3.05) is 14.2 Å². The molecule has 1 aliphatic carbocycles. The van der Waals surface area contributed by atoms with Gasteiger partial charge in [0.25, 0.3) is 5.91 Å². The molecule has 0 aromatic heterocycles. The number of amides is 1. The fourth-order valence-corrected chi connectivity index (χ4v) is 6.57. The van der Waals surface area contributed by atoms with Crippen molar-refractivity contribution < 1.29 is 19.0 Å². The Morgan fingerprint density at radius 2 is 1.75 bits per heavy atom. The smallest absolute Gasteiger partial charge is 0.275 e. The number of aryl methyl sites for hydroxylation is 1. The van der Waals surface area contributed by atoms with Gasteiger partial charge in [-0.3, -0.25) is 4.79 Å². The van der Waals surface area contributed by atoms with E-state index in [1.807, 2.05) is 18.2 Å². The molecule has 0 radical (unpaired) electrons. The molecule has 5 rings (SSSR count). The lowest BCUT2D eigenvalue weighted by Gasteiger charge is -2.40. The van der Waals surface area contributed by atoms with Crippen molar-refractivity contribution in [3.8, 4) is 11.5 Å². The molecule has 3 atom stereocenters. The Morgan fingerprint density at radius 3 is 2.39 bits per heavy atom. The zero-order valence-corrected chi connectivity index (χ0v) is 22.9. The highest BCUT2D eigenvalue weighted by Gasteiger charge is 2.55. The minimum absolute atomic E-state index is 0.00241. The van der Waals surface area contributed by atoms with Crippen molar-refractivity contribution in [1.82, 2.24) is 5.01 Å². The lowest BCUT2D eigenvalue weighted by Crippen LogP contribution is -2.52. The molecule has 3 aliphatic rings. The van der Waals surface area contributed by atoms with Crippen molar-refractivity contribution in [2.45, 2.75) is 74.9 Å². The molecule has 0 spiro atoms. The van der Waals surface area contributed by atoms with E-state index in [-0.39, 0.29) is 22.9 Å². The van der Waals surface area contributed by atoms with Gasteiger partial charge in [0.15, 0.2) is 17.1 Å². The first-order chi connectivity index (χ1) is 17.4. The maximum absolute atomic E-state index is 14.5. The van der Waals surface area contributed by atoms with Gasteiger partial charge in [-0.2, -0.15) is 5.10 Å². The normalized spacial score (nSPS) is 26.7. The molecule has 2 aliphatic heterocycles. The molecule has 1 saturated carbocycles. The van der Waals surface area contributed by atoms with Crippen LogP contribution in [0.1, 0.15) is 74.1 Å². The molecule has 0 bridgehead atoms. The lowest BCUT2D eigenvalue weighted by atomic mass is 9.74. The predicted octanol–water partition coefficient (Wildman–Crippen LogP) is 6.54. The van der Waals surface area contributed by atoms with Crippen molar-refractivity contribution in [3.63, 3.8) is 0 Å². The first-order valence-corrected chi connectivity index (χ1v) is 13.9. The van der Waals surface area contributed by atoms with E-state index >= 15 is 0 Å². The summed E-state index contributed by atoms with van der Waals surface area (Å²) in [5, 5.41) is 6.62. The quantitative estimate of drug-likeness (QED) is 0.380. The summed E-state index contributed by atoms with van der Waals surface area (Å²) in [7, 11) is 3.26. The second kappa shape index (κ2) is 10.5. The van der Waals surface area contributed by atoms with Gasteiger partial charge in [-0.15, -0.1) is 0 Å². The fraction of sp³-hybridized carbons (Fsp3) is 0.517. The molecule has 2 fully saturated rings. The molecular weight excluding hydrogens is 520 g/mol. The lowest BCUT2D eigenvalue weighted by molar-refractivity contribution is -0.164. The monoisotopic (exact) mass is 554 g/mol. The number of hydrogen-bond acceptors (Lipinski definition) is 5. The first kappa shape index (κ1) is 25.3. The highest BCUT2D eigenvalue weighted by Crippen LogP contribution is 2.48. The van der Waals surface area contributed by atoms with E-state index in [0.717, 1.165) is 55.4 Å². The van der Waals surface area contributed by atoms with Gasteiger partial charge in [0.05, 0.1) is 26.0 Å². The average molecular weight is 556 g/mol. The number of carbonyl (C=O) groups excluding carboxylic acids is 1. The van der Waals surface area contributed by atoms with Crippen LogP contribution in [0.4, 0.5) is 0 Å². The number of hydrogen-bond donors (Lipinski definition) is 0. The third-order valence-electron chi connectivity index (χ3n) is 8.00. The van der Waals surface area contributed by atoms with Crippen molar-refractivity contribution in [2.24, 2.45) is 11.0 Å². The maximum atomic E-state index is 14.5. The number of rotatable bonds is 6. The number of hydrazone groups is 1. The standard InChI is InChI=1S/C29H35BrN2O4/c1-19-9-11-20(12-10-19)24-18-23(21-13-14-25(34-2)26(17-21)35-3)31-32(24)28(33)29(16-15-27(30)36-29)22-7-5-4-6-8-22/h9-14,17,22,24,27H,4-8,15-16,18H2,1-3H3. The van der Waals surface area contributed by atoms with Crippen molar-refractivity contribution in [3.05, 3.63) is 59.2 Å². The Hall–Kier alpha value is -2.38. The third kappa shape index (κ3) is 4.68. The summed E-state index contributed by atoms with van der Waals surface area (Å²) in [6.45, 7) is 2.08. The predicted molar refractivity (Wildman–Crippen MR) is 144 cm³/mol. The molecule has 1 saturated heterocycles. The molecule has 2 aromatic carbocycles. The van der Waals surface area contributed by atoms with Gasteiger partial charge >= 0.3 is 0 Å². The Balaban J connectivity index is 1.55. The van der Waals surface area contributed by atoms with E-state index in [1.54, 1.807) is 19.2 Å². The van der Waals surface area contributed by atoms with Crippen LogP contribution in [0.2, 0.25) is 0 Å². The molecule has 6 nitrogen and oxygen atoms in total. The minimum Gasteiger partial charge on any atom is -0.493 e. The summed E-state index contributed by atoms with van der Waals surface area (Å²) in [5.41, 5.74) is 3.24. The van der Waals surface area contributed by atoms with Crippen molar-refractivity contribution >= 4 is 27.5 Å². The van der Waals surface area contributed by atoms with Crippen LogP contribution in [0.15, 0.2) is 47.6 Å². The topological polar surface area (TPSA) is 60.4 Å². The molecular formula is C29H35BrN2O4. The summed E-state index contributed by atoms with van der Waals surface area (Å²) in [5.74, 6) is 1.54. The molecule has 36 heavy (non-hydrogen) atoms. The Morgan fingerprint density at radius 1 is 1.03 bits per heavy atom. The Kier molecular flexibility index (Phi) is 7.40. The molecule has 1 amide bonds. The van der Waals surface area contributed by atoms with E-state index < -0.39 is 5.60 Å². The van der Waals surface area contributed by atoms with Gasteiger partial charge in [0.1, 0.15) is 5.01 Å². The molecule has 7 heteroatoms. The number of benzene rings is 2. The molecule has 3 unspecified atom stereocenters. The minimum atomic E-state index is -0.825. The summed E-state index contributed by atoms with van der Waals surface area (Å²) in [4.78, 5) is 14.5. The average Bonchev–Trinajstić information content (AvgIpc) is 3.54. The van der Waals surface area contributed by atoms with E-state index in [2.05, 4.69) is 47.1 Å². The summed E-state index contributed by atoms with van der Waals surface area (Å²) in [6.07, 6.45) is 7.78. The van der Waals surface area contributed by atoms with Crippen LogP contribution in [0.3, 0.4) is 0 Å². The second-order valence-electron chi connectivity index (χ2n) is 10.2. The van der Waals surface area contributed by atoms with Crippen LogP contribution in [0, 0.1) is 12.8 Å². The van der Waals surface area contributed by atoms with Crippen LogP contribution in [0.5, 0.6) is 11.5 Å². The van der Waals surface area contributed by atoms with E-state index in [9.17, 15) is 4.79 Å². The van der Waals surface area contributed by atoms with Gasteiger partial charge < -0.3 is 14.2 Å². The van der Waals surface area contributed by atoms with Gasteiger partial charge in [-0.1, -0.05) is 65.0 Å². The van der Waals surface area contributed by atoms with Gasteiger partial charge in [-0.25, -0.2) is 5.01 Å². The number of carbonyl (C=O) groups is 1. The van der Waals surface area contributed by atoms with Crippen LogP contribution >= 0.6 is 15.9 Å². The summed E-state index contributed by atoms with van der Waals surface area (Å²) >= 11 is 3.65. The van der Waals surface area contributed by atoms with Crippen LogP contribution in [-0.4, -0.2) is 41.5 Å². The summed E-state index contributed by atoms with van der Waals surface area (Å²) in [6, 6.07) is 14.1. The first-order valence-electron chi connectivity index (χ1n) is 13.0. The van der Waals surface area contributed by atoms with Gasteiger partial charge in [0.2, 0.25) is 0 Å². The summed E-state index contributed by atoms with van der Waals surface area (Å²) < 4.78 is 17.5. The van der Waals surface area contributed by atoms with E-state index in [1.165, 1.54) is 12.0 Å². The molecule has 0 N–H and O–H groups in total. The maximum Gasteiger partial charge on any atom is 0.275 e. The van der Waals surface area contributed by atoms with Crippen LogP contribution in [0.25, 0.3) is 0 Å². The number of ether oxygens (including phenoxy) is 3. The number of nitrogens with zero attached hydrogens (tertiary/aromatic N) is 2. The van der Waals surface area contributed by atoms with E-state index in [0.29, 0.717) is 17.9 Å². The van der Waals surface area contributed by atoms with Gasteiger partial charge in [0, 0.05) is 12.0 Å². The van der Waals surface area contributed by atoms with Gasteiger partial charge in [-0.05, 0) is 62.3 Å². The van der Waals surface area contributed by atoms with Crippen LogP contribution < -0.4 is 9.47 Å². The zero-order valence-electron chi connectivity index (χ0n) is 21.3. The van der Waals surface area contributed by atoms with Crippen molar-refractivity contribution in [1.29, 1.82) is 0 Å². The SMILES string of the molecule is COc1ccc(C2=NN(C(=O)C3(C4CCCCC4)CCC(Br)O3)C(c3ccc(C)cc3)C2)cc1OC. The zero-order chi connectivity index (χ0) is 25.3. The van der Waals surface area contributed by atoms with E-state index in [4.69, 9.17) is 19.3 Å². The highest BCUT2D eigenvalue weighted by molar-refractivity contribution is 9.09. The van der Waals surface area contributed by atoms with Crippen LogP contribution in [-0.2, 0) is 9.53 Å². The Bertz CT molecular complexity index is 1130. The molecule has 2 heterocycles. The second-order valence-corrected chi connectivity index (χ2v) is 11.2. The number of halogens is 1. The number of methoxy groups -OCH3 is 2. The Labute approximate surface area is 222 Å². The molecule has 2 aromatic rings.